The zero-order valence-electron chi connectivity index (χ0n) is 20.2. The first-order chi connectivity index (χ1) is 15.6. The molecule has 0 bridgehead atoms. The lowest BCUT2D eigenvalue weighted by atomic mass is 9.95. The zero-order valence-corrected chi connectivity index (χ0v) is 22.5. The molecule has 8 heteroatoms. The summed E-state index contributed by atoms with van der Waals surface area (Å²) in [6.45, 7) is 12.0. The number of rotatable bonds is 7. The molecule has 3 rings (SSSR count). The third kappa shape index (κ3) is 6.06. The van der Waals surface area contributed by atoms with Crippen molar-refractivity contribution in [3.05, 3.63) is 38.3 Å². The summed E-state index contributed by atoms with van der Waals surface area (Å²) in [6, 6.07) is 1.95. The van der Waals surface area contributed by atoms with Crippen molar-refractivity contribution in [1.82, 2.24) is 10.2 Å². The number of aliphatic imine (C=N–C) groups is 1. The first kappa shape index (κ1) is 25.9. The lowest BCUT2D eigenvalue weighted by molar-refractivity contribution is -0.120. The fraction of sp³-hybridized carbons (Fsp3) is 0.560. The molecule has 2 aliphatic heterocycles. The first-order valence-electron chi connectivity index (χ1n) is 11.6. The summed E-state index contributed by atoms with van der Waals surface area (Å²) in [5.41, 5.74) is 3.99. The smallest absolute Gasteiger partial charge is 0.254 e. The van der Waals surface area contributed by atoms with E-state index in [2.05, 4.69) is 50.0 Å². The predicted molar refractivity (Wildman–Crippen MR) is 140 cm³/mol. The Hall–Kier alpha value is -1.70. The highest BCUT2D eigenvalue weighted by Gasteiger charge is 2.27. The number of dihydropyridines is 1. The summed E-state index contributed by atoms with van der Waals surface area (Å²) in [5, 5.41) is 3.45. The number of benzene rings is 1. The van der Waals surface area contributed by atoms with Gasteiger partial charge in [-0.3, -0.25) is 9.59 Å². The SMILES string of the molecule is CCN(CC1CCN(C)CC1)c1cc(Cl)c(Br)c(C(=O)NCC2C(=O)N=C(C)C=C2C)c1C. The Morgan fingerprint density at radius 2 is 1.97 bits per heavy atom. The van der Waals surface area contributed by atoms with Crippen LogP contribution in [0.2, 0.25) is 5.02 Å². The Morgan fingerprint density at radius 3 is 2.58 bits per heavy atom. The van der Waals surface area contributed by atoms with Gasteiger partial charge in [0, 0.05) is 35.5 Å². The highest BCUT2D eigenvalue weighted by molar-refractivity contribution is 9.10. The lowest BCUT2D eigenvalue weighted by Crippen LogP contribution is -2.38. The molecular formula is C25H34BrClN4O2. The van der Waals surface area contributed by atoms with E-state index in [1.165, 1.54) is 12.8 Å². The van der Waals surface area contributed by atoms with E-state index in [0.29, 0.717) is 26.7 Å². The number of likely N-dealkylation sites (tertiary alicyclic amines) is 1. The van der Waals surface area contributed by atoms with Gasteiger partial charge in [0.1, 0.15) is 0 Å². The van der Waals surface area contributed by atoms with Gasteiger partial charge in [0.2, 0.25) is 0 Å². The fourth-order valence-corrected chi connectivity index (χ4v) is 5.49. The zero-order chi connectivity index (χ0) is 24.3. The molecule has 0 aliphatic carbocycles. The van der Waals surface area contributed by atoms with Gasteiger partial charge in [0.15, 0.2) is 0 Å². The molecule has 1 aromatic carbocycles. The second kappa shape index (κ2) is 11.2. The number of piperidine rings is 1. The number of carbonyl (C=O) groups is 2. The maximum absolute atomic E-state index is 13.3. The summed E-state index contributed by atoms with van der Waals surface area (Å²) in [7, 11) is 2.17. The number of nitrogens with zero attached hydrogens (tertiary/aromatic N) is 3. The van der Waals surface area contributed by atoms with Crippen LogP contribution in [0, 0.1) is 18.8 Å². The third-order valence-corrected chi connectivity index (χ3v) is 8.11. The average molecular weight is 538 g/mol. The molecule has 0 spiro atoms. The summed E-state index contributed by atoms with van der Waals surface area (Å²) >= 11 is 10.1. The van der Waals surface area contributed by atoms with Gasteiger partial charge in [-0.1, -0.05) is 17.2 Å². The number of halogens is 2. The minimum absolute atomic E-state index is 0.206. The topological polar surface area (TPSA) is 65.0 Å². The van der Waals surface area contributed by atoms with Gasteiger partial charge in [-0.05, 0) is 100 Å². The van der Waals surface area contributed by atoms with E-state index in [1.807, 2.05) is 26.0 Å². The number of hydrogen-bond acceptors (Lipinski definition) is 4. The molecule has 0 aromatic heterocycles. The minimum Gasteiger partial charge on any atom is -0.371 e. The largest absolute Gasteiger partial charge is 0.371 e. The second-order valence-electron chi connectivity index (χ2n) is 9.22. The number of allylic oxidation sites excluding steroid dienone is 1. The van der Waals surface area contributed by atoms with Gasteiger partial charge in [0.05, 0.1) is 16.5 Å². The molecule has 1 unspecified atom stereocenters. The van der Waals surface area contributed by atoms with Crippen molar-refractivity contribution in [2.45, 2.75) is 40.5 Å². The Bertz CT molecular complexity index is 983. The van der Waals surface area contributed by atoms with Gasteiger partial charge < -0.3 is 15.1 Å². The van der Waals surface area contributed by atoms with Crippen LogP contribution >= 0.6 is 27.5 Å². The molecular weight excluding hydrogens is 504 g/mol. The standard InChI is InChI=1S/C25H34BrClN4O2/c1-6-31(14-18-7-9-30(5)10-8-18)21-12-20(27)23(26)22(17(21)4)25(33)28-13-19-15(2)11-16(3)29-24(19)32/h11-12,18-19H,6-10,13-14H2,1-5H3,(H,28,33). The van der Waals surface area contributed by atoms with E-state index >= 15 is 0 Å². The Labute approximate surface area is 210 Å². The van der Waals surface area contributed by atoms with E-state index < -0.39 is 5.92 Å². The van der Waals surface area contributed by atoms with E-state index in [1.54, 1.807) is 6.92 Å². The average Bonchev–Trinajstić information content (AvgIpc) is 2.75. The van der Waals surface area contributed by atoms with Crippen LogP contribution in [-0.4, -0.2) is 62.2 Å². The number of nitrogens with one attached hydrogen (secondary N) is 1. The van der Waals surface area contributed by atoms with Crippen LogP contribution in [0.4, 0.5) is 5.69 Å². The van der Waals surface area contributed by atoms with Gasteiger partial charge in [-0.15, -0.1) is 0 Å². The molecule has 0 saturated carbocycles. The highest BCUT2D eigenvalue weighted by atomic mass is 79.9. The van der Waals surface area contributed by atoms with Crippen LogP contribution < -0.4 is 10.2 Å². The van der Waals surface area contributed by atoms with Crippen molar-refractivity contribution in [2.24, 2.45) is 16.8 Å². The van der Waals surface area contributed by atoms with Crippen molar-refractivity contribution in [1.29, 1.82) is 0 Å². The number of hydrogen-bond donors (Lipinski definition) is 1. The van der Waals surface area contributed by atoms with Crippen molar-refractivity contribution in [2.75, 3.05) is 44.7 Å². The maximum Gasteiger partial charge on any atom is 0.254 e. The molecule has 180 valence electrons. The lowest BCUT2D eigenvalue weighted by Gasteiger charge is -2.35. The maximum atomic E-state index is 13.3. The highest BCUT2D eigenvalue weighted by Crippen LogP contribution is 2.36. The van der Waals surface area contributed by atoms with E-state index in [-0.39, 0.29) is 18.4 Å². The monoisotopic (exact) mass is 536 g/mol. The quantitative estimate of drug-likeness (QED) is 0.539. The van der Waals surface area contributed by atoms with Crippen LogP contribution in [0.1, 0.15) is 49.5 Å². The first-order valence-corrected chi connectivity index (χ1v) is 12.8. The molecule has 1 fully saturated rings. The number of carbonyl (C=O) groups excluding carboxylic acids is 2. The van der Waals surface area contributed by atoms with Crippen LogP contribution in [-0.2, 0) is 4.79 Å². The third-order valence-electron chi connectivity index (χ3n) is 6.76. The molecule has 1 atom stereocenters. The summed E-state index contributed by atoms with van der Waals surface area (Å²) in [5.74, 6) is -0.278. The molecule has 2 aliphatic rings. The molecule has 6 nitrogen and oxygen atoms in total. The van der Waals surface area contributed by atoms with Gasteiger partial charge in [-0.2, -0.15) is 0 Å². The molecule has 2 heterocycles. The normalized spacial score (nSPS) is 19.8. The molecule has 2 amide bonds. The van der Waals surface area contributed by atoms with Crippen molar-refractivity contribution in [3.8, 4) is 0 Å². The van der Waals surface area contributed by atoms with Crippen LogP contribution in [0.25, 0.3) is 0 Å². The van der Waals surface area contributed by atoms with Gasteiger partial charge in [0.25, 0.3) is 11.8 Å². The Morgan fingerprint density at radius 1 is 1.30 bits per heavy atom. The van der Waals surface area contributed by atoms with E-state index in [0.717, 1.165) is 43.0 Å². The summed E-state index contributed by atoms with van der Waals surface area (Å²) in [4.78, 5) is 34.3. The van der Waals surface area contributed by atoms with Crippen LogP contribution in [0.5, 0.6) is 0 Å². The van der Waals surface area contributed by atoms with Crippen molar-refractivity contribution in [3.63, 3.8) is 0 Å². The molecule has 1 N–H and O–H groups in total. The van der Waals surface area contributed by atoms with Crippen LogP contribution in [0.3, 0.4) is 0 Å². The van der Waals surface area contributed by atoms with E-state index in [4.69, 9.17) is 11.6 Å². The molecule has 1 saturated heterocycles. The molecule has 1 aromatic rings. The van der Waals surface area contributed by atoms with E-state index in [9.17, 15) is 9.59 Å². The fourth-order valence-electron chi connectivity index (χ4n) is 4.70. The Balaban J connectivity index is 1.80. The second-order valence-corrected chi connectivity index (χ2v) is 10.4. The summed E-state index contributed by atoms with van der Waals surface area (Å²) in [6.07, 6.45) is 4.24. The van der Waals surface area contributed by atoms with Crippen molar-refractivity contribution >= 4 is 50.7 Å². The Kier molecular flexibility index (Phi) is 8.76. The number of amides is 2. The predicted octanol–water partition coefficient (Wildman–Crippen LogP) is 4.87. The molecule has 0 radical (unpaired) electrons. The minimum atomic E-state index is -0.438. The van der Waals surface area contributed by atoms with Crippen LogP contribution in [0.15, 0.2) is 27.2 Å². The number of anilines is 1. The van der Waals surface area contributed by atoms with Gasteiger partial charge in [-0.25, -0.2) is 4.99 Å². The summed E-state index contributed by atoms with van der Waals surface area (Å²) < 4.78 is 0.578. The van der Waals surface area contributed by atoms with Crippen molar-refractivity contribution < 1.29 is 9.59 Å². The van der Waals surface area contributed by atoms with Gasteiger partial charge >= 0.3 is 0 Å². The molecule has 33 heavy (non-hydrogen) atoms.